The Morgan fingerprint density at radius 1 is 1.21 bits per heavy atom. The molecule has 10 heteroatoms. The Kier molecular flexibility index (Phi) is 5.85. The summed E-state index contributed by atoms with van der Waals surface area (Å²) >= 11 is 5.96. The smallest absolute Gasteiger partial charge is 0.270 e. The minimum Gasteiger partial charge on any atom is -0.368 e. The van der Waals surface area contributed by atoms with Crippen LogP contribution in [0.5, 0.6) is 0 Å². The fraction of sp³-hybridized carbons (Fsp3) is 0.167. The molecule has 1 amide bonds. The van der Waals surface area contributed by atoms with Crippen molar-refractivity contribution in [2.45, 2.75) is 6.92 Å². The second-order valence-electron chi connectivity index (χ2n) is 5.85. The van der Waals surface area contributed by atoms with Gasteiger partial charge in [0.05, 0.1) is 15.5 Å². The summed E-state index contributed by atoms with van der Waals surface area (Å²) in [6.07, 6.45) is 3.78. The van der Waals surface area contributed by atoms with Crippen LogP contribution in [0.25, 0.3) is 5.82 Å². The summed E-state index contributed by atoms with van der Waals surface area (Å²) in [6.45, 7) is 2.54. The van der Waals surface area contributed by atoms with Gasteiger partial charge in [-0.1, -0.05) is 11.6 Å². The number of carbonyl (C=O) groups excluding carboxylic acids is 1. The highest BCUT2D eigenvalue weighted by Crippen LogP contribution is 2.22. The van der Waals surface area contributed by atoms with E-state index >= 15 is 0 Å². The van der Waals surface area contributed by atoms with Gasteiger partial charge in [-0.15, -0.1) is 0 Å². The number of anilines is 1. The molecule has 2 heterocycles. The van der Waals surface area contributed by atoms with E-state index in [4.69, 9.17) is 11.6 Å². The number of nitro groups is 1. The molecule has 3 rings (SSSR count). The summed E-state index contributed by atoms with van der Waals surface area (Å²) in [4.78, 5) is 31.1. The van der Waals surface area contributed by atoms with Crippen LogP contribution in [0.2, 0.25) is 5.02 Å². The predicted octanol–water partition coefficient (Wildman–Crippen LogP) is 2.98. The van der Waals surface area contributed by atoms with Crippen LogP contribution in [0.4, 0.5) is 11.5 Å². The van der Waals surface area contributed by atoms with Gasteiger partial charge in [-0.25, -0.2) is 9.97 Å². The van der Waals surface area contributed by atoms with E-state index in [1.807, 2.05) is 35.2 Å². The molecule has 0 spiro atoms. The largest absolute Gasteiger partial charge is 0.368 e. The molecule has 144 valence electrons. The molecule has 2 aromatic heterocycles. The average molecular weight is 401 g/mol. The molecule has 0 atom stereocenters. The van der Waals surface area contributed by atoms with Gasteiger partial charge in [0.25, 0.3) is 11.6 Å². The maximum atomic E-state index is 12.2. The van der Waals surface area contributed by atoms with Crippen LogP contribution in [0, 0.1) is 17.0 Å². The third kappa shape index (κ3) is 4.63. The summed E-state index contributed by atoms with van der Waals surface area (Å²) in [5.74, 6) is 1.59. The van der Waals surface area contributed by atoms with E-state index < -0.39 is 10.8 Å². The molecule has 0 aliphatic rings. The summed E-state index contributed by atoms with van der Waals surface area (Å²) in [7, 11) is 0. The highest BCUT2D eigenvalue weighted by molar-refractivity contribution is 6.34. The van der Waals surface area contributed by atoms with Crippen molar-refractivity contribution in [1.29, 1.82) is 0 Å². The normalized spacial score (nSPS) is 10.5. The van der Waals surface area contributed by atoms with Crippen molar-refractivity contribution in [3.63, 3.8) is 0 Å². The number of benzene rings is 1. The van der Waals surface area contributed by atoms with Gasteiger partial charge in [-0.2, -0.15) is 0 Å². The lowest BCUT2D eigenvalue weighted by molar-refractivity contribution is -0.384. The summed E-state index contributed by atoms with van der Waals surface area (Å²) in [6, 6.07) is 9.35. The molecular formula is C18H17ClN6O3. The number of nitrogens with zero attached hydrogens (tertiary/aromatic N) is 4. The third-order valence-corrected chi connectivity index (χ3v) is 4.13. The Balaban J connectivity index is 1.56. The van der Waals surface area contributed by atoms with Crippen molar-refractivity contribution < 1.29 is 9.72 Å². The van der Waals surface area contributed by atoms with Crippen molar-refractivity contribution in [3.8, 4) is 5.82 Å². The molecule has 0 saturated heterocycles. The van der Waals surface area contributed by atoms with Crippen LogP contribution in [0.3, 0.4) is 0 Å². The first-order valence-electron chi connectivity index (χ1n) is 8.39. The first kappa shape index (κ1) is 19.3. The van der Waals surface area contributed by atoms with Crippen LogP contribution in [-0.2, 0) is 0 Å². The molecule has 1 aromatic carbocycles. The number of non-ortho nitro benzene ring substituents is 1. The molecule has 0 saturated carbocycles. The zero-order valence-electron chi connectivity index (χ0n) is 14.9. The molecule has 9 nitrogen and oxygen atoms in total. The Morgan fingerprint density at radius 3 is 2.64 bits per heavy atom. The van der Waals surface area contributed by atoms with Crippen LogP contribution in [-0.4, -0.2) is 38.5 Å². The van der Waals surface area contributed by atoms with Gasteiger partial charge in [0.15, 0.2) is 0 Å². The third-order valence-electron chi connectivity index (χ3n) is 3.82. The fourth-order valence-corrected chi connectivity index (χ4v) is 2.79. The number of halogens is 1. The van der Waals surface area contributed by atoms with E-state index in [2.05, 4.69) is 20.6 Å². The summed E-state index contributed by atoms with van der Waals surface area (Å²) < 4.78 is 1.87. The first-order valence-corrected chi connectivity index (χ1v) is 8.77. The van der Waals surface area contributed by atoms with Gasteiger partial charge >= 0.3 is 0 Å². The number of hydrogen-bond acceptors (Lipinski definition) is 6. The number of aromatic nitrogens is 3. The average Bonchev–Trinajstić information content (AvgIpc) is 3.19. The topological polar surface area (TPSA) is 115 Å². The number of hydrogen-bond donors (Lipinski definition) is 2. The predicted molar refractivity (Wildman–Crippen MR) is 105 cm³/mol. The van der Waals surface area contributed by atoms with E-state index in [-0.39, 0.29) is 16.3 Å². The molecule has 0 aliphatic carbocycles. The minimum absolute atomic E-state index is 0.0300. The molecule has 2 N–H and O–H groups in total. The fourth-order valence-electron chi connectivity index (χ4n) is 2.53. The van der Waals surface area contributed by atoms with Gasteiger partial charge in [0, 0.05) is 43.7 Å². The van der Waals surface area contributed by atoms with Crippen molar-refractivity contribution in [2.75, 3.05) is 18.4 Å². The van der Waals surface area contributed by atoms with Gasteiger partial charge in [0.2, 0.25) is 0 Å². The first-order chi connectivity index (χ1) is 13.4. The monoisotopic (exact) mass is 400 g/mol. The lowest BCUT2D eigenvalue weighted by atomic mass is 10.2. The van der Waals surface area contributed by atoms with E-state index in [1.165, 1.54) is 12.1 Å². The lowest BCUT2D eigenvalue weighted by Crippen LogP contribution is -2.29. The minimum atomic E-state index is -0.566. The Labute approximate surface area is 165 Å². The molecule has 3 aromatic rings. The quantitative estimate of drug-likeness (QED) is 0.358. The Hall–Kier alpha value is -3.46. The van der Waals surface area contributed by atoms with Crippen molar-refractivity contribution >= 4 is 29.0 Å². The molecule has 0 unspecified atom stereocenters. The van der Waals surface area contributed by atoms with Crippen molar-refractivity contribution in [2.24, 2.45) is 0 Å². The van der Waals surface area contributed by atoms with Crippen molar-refractivity contribution in [1.82, 2.24) is 19.9 Å². The van der Waals surface area contributed by atoms with Gasteiger partial charge < -0.3 is 15.2 Å². The number of aryl methyl sites for hydroxylation is 1. The number of nitro benzene ring substituents is 1. The van der Waals surface area contributed by atoms with Gasteiger partial charge in [-0.3, -0.25) is 14.9 Å². The molecule has 0 fully saturated rings. The SMILES string of the molecule is Cc1nc(NCCNC(=O)c2ccc([N+](=O)[O-])cc2Cl)cc(-n2cccc2)n1. The van der Waals surface area contributed by atoms with E-state index in [9.17, 15) is 14.9 Å². The number of carbonyl (C=O) groups is 1. The Morgan fingerprint density at radius 2 is 1.96 bits per heavy atom. The van der Waals surface area contributed by atoms with Crippen LogP contribution < -0.4 is 10.6 Å². The van der Waals surface area contributed by atoms with Crippen LogP contribution in [0.15, 0.2) is 48.8 Å². The molecule has 0 aliphatic heterocycles. The number of rotatable bonds is 7. The number of nitrogens with one attached hydrogen (secondary N) is 2. The maximum Gasteiger partial charge on any atom is 0.270 e. The molecular weight excluding hydrogens is 384 g/mol. The molecule has 0 radical (unpaired) electrons. The zero-order valence-corrected chi connectivity index (χ0v) is 15.7. The number of amides is 1. The van der Waals surface area contributed by atoms with E-state index in [0.29, 0.717) is 24.7 Å². The van der Waals surface area contributed by atoms with Crippen LogP contribution >= 0.6 is 11.6 Å². The summed E-state index contributed by atoms with van der Waals surface area (Å²) in [5, 5.41) is 16.6. The Bertz CT molecular complexity index is 1010. The van der Waals surface area contributed by atoms with E-state index in [1.54, 1.807) is 6.92 Å². The lowest BCUT2D eigenvalue weighted by Gasteiger charge is -2.10. The second kappa shape index (κ2) is 8.49. The van der Waals surface area contributed by atoms with Crippen LogP contribution in [0.1, 0.15) is 16.2 Å². The van der Waals surface area contributed by atoms with Crippen molar-refractivity contribution in [3.05, 3.63) is 75.3 Å². The second-order valence-corrected chi connectivity index (χ2v) is 6.26. The zero-order chi connectivity index (χ0) is 20.1. The van der Waals surface area contributed by atoms with Gasteiger partial charge in [-0.05, 0) is 25.1 Å². The maximum absolute atomic E-state index is 12.2. The summed E-state index contributed by atoms with van der Waals surface area (Å²) in [5.41, 5.74) is 0.0147. The van der Waals surface area contributed by atoms with E-state index in [0.717, 1.165) is 11.9 Å². The highest BCUT2D eigenvalue weighted by Gasteiger charge is 2.14. The highest BCUT2D eigenvalue weighted by atomic mass is 35.5. The standard InChI is InChI=1S/C18H17ClN6O3/c1-12-22-16(11-17(23-12)24-8-2-3-9-24)20-6-7-21-18(26)14-5-4-13(25(27)28)10-15(14)19/h2-5,8-11H,6-7H2,1H3,(H,21,26)(H,20,22,23). The molecule has 0 bridgehead atoms. The van der Waals surface area contributed by atoms with Gasteiger partial charge in [0.1, 0.15) is 17.5 Å². The molecule has 28 heavy (non-hydrogen) atoms.